The fraction of sp³-hybridized carbons (Fsp3) is 0.500. The third-order valence-electron chi connectivity index (χ3n) is 5.30. The number of amides is 2. The van der Waals surface area contributed by atoms with Gasteiger partial charge in [-0.2, -0.15) is 5.10 Å². The van der Waals surface area contributed by atoms with Gasteiger partial charge in [0, 0.05) is 31.0 Å². The van der Waals surface area contributed by atoms with Crippen molar-refractivity contribution in [1.29, 1.82) is 0 Å². The first-order valence-electron chi connectivity index (χ1n) is 10.1. The van der Waals surface area contributed by atoms with E-state index in [9.17, 15) is 14.0 Å². The van der Waals surface area contributed by atoms with Crippen LogP contribution in [0.4, 0.5) is 10.2 Å². The maximum Gasteiger partial charge on any atom is 0.230 e. The van der Waals surface area contributed by atoms with Gasteiger partial charge in [0.2, 0.25) is 11.8 Å². The molecule has 156 valence electrons. The molecule has 0 radical (unpaired) electrons. The molecule has 1 saturated heterocycles. The van der Waals surface area contributed by atoms with Gasteiger partial charge in [0.1, 0.15) is 11.6 Å². The van der Waals surface area contributed by atoms with E-state index in [-0.39, 0.29) is 23.7 Å². The number of aryl methyl sites for hydroxylation is 1. The molecular weight excluding hydrogens is 371 g/mol. The smallest absolute Gasteiger partial charge is 0.230 e. The fourth-order valence-electron chi connectivity index (χ4n) is 3.43. The van der Waals surface area contributed by atoms with Gasteiger partial charge in [0.05, 0.1) is 12.2 Å². The Morgan fingerprint density at radius 2 is 1.79 bits per heavy atom. The van der Waals surface area contributed by atoms with Crippen LogP contribution in [-0.2, 0) is 16.0 Å². The number of aromatic nitrogens is 2. The summed E-state index contributed by atoms with van der Waals surface area (Å²) in [5.41, 5.74) is 0.487. The molecule has 3 rings (SSSR count). The summed E-state index contributed by atoms with van der Waals surface area (Å²) in [6, 6.07) is 8.25. The van der Waals surface area contributed by atoms with E-state index in [1.165, 1.54) is 12.1 Å². The van der Waals surface area contributed by atoms with E-state index in [0.717, 1.165) is 18.4 Å². The molecule has 6 nitrogen and oxygen atoms in total. The summed E-state index contributed by atoms with van der Waals surface area (Å²) in [6.07, 6.45) is 4.31. The first-order chi connectivity index (χ1) is 13.7. The zero-order valence-electron chi connectivity index (χ0n) is 17.3. The number of hydrogen-bond acceptors (Lipinski definition) is 3. The van der Waals surface area contributed by atoms with Crippen LogP contribution < -0.4 is 5.32 Å². The lowest BCUT2D eigenvalue weighted by molar-refractivity contribution is -0.132. The van der Waals surface area contributed by atoms with Gasteiger partial charge in [-0.05, 0) is 37.0 Å². The van der Waals surface area contributed by atoms with Gasteiger partial charge in [0.25, 0.3) is 0 Å². The number of piperidine rings is 1. The Morgan fingerprint density at radius 3 is 2.41 bits per heavy atom. The zero-order valence-corrected chi connectivity index (χ0v) is 17.3. The lowest BCUT2D eigenvalue weighted by Gasteiger charge is -2.33. The summed E-state index contributed by atoms with van der Waals surface area (Å²) in [4.78, 5) is 26.7. The fourth-order valence-corrected chi connectivity index (χ4v) is 3.43. The second-order valence-electron chi connectivity index (χ2n) is 8.60. The molecule has 0 unspecified atom stereocenters. The SMILES string of the molecule is CC(C)(C)C(=O)Nc1ccnn1C1CCN(C(=O)CCc2ccc(F)cc2)CC1. The topological polar surface area (TPSA) is 67.2 Å². The van der Waals surface area contributed by atoms with Gasteiger partial charge in [-0.15, -0.1) is 0 Å². The van der Waals surface area contributed by atoms with Gasteiger partial charge in [0.15, 0.2) is 0 Å². The van der Waals surface area contributed by atoms with Crippen molar-refractivity contribution in [2.24, 2.45) is 5.41 Å². The van der Waals surface area contributed by atoms with Crippen LogP contribution in [0.5, 0.6) is 0 Å². The molecule has 0 atom stereocenters. The lowest BCUT2D eigenvalue weighted by atomic mass is 9.96. The molecule has 0 spiro atoms. The van der Waals surface area contributed by atoms with Crippen molar-refractivity contribution in [2.45, 2.75) is 52.5 Å². The maximum atomic E-state index is 13.0. The zero-order chi connectivity index (χ0) is 21.0. The highest BCUT2D eigenvalue weighted by Crippen LogP contribution is 2.27. The van der Waals surface area contributed by atoms with E-state index < -0.39 is 5.41 Å². The average molecular weight is 400 g/mol. The number of carbonyl (C=O) groups excluding carboxylic acids is 2. The van der Waals surface area contributed by atoms with Gasteiger partial charge in [-0.1, -0.05) is 32.9 Å². The minimum absolute atomic E-state index is 0.0485. The van der Waals surface area contributed by atoms with Gasteiger partial charge in [-0.25, -0.2) is 9.07 Å². The summed E-state index contributed by atoms with van der Waals surface area (Å²) in [5, 5.41) is 7.35. The van der Waals surface area contributed by atoms with E-state index in [0.29, 0.717) is 31.7 Å². The van der Waals surface area contributed by atoms with Crippen LogP contribution in [0.2, 0.25) is 0 Å². The van der Waals surface area contributed by atoms with Crippen molar-refractivity contribution in [3.8, 4) is 0 Å². The summed E-state index contributed by atoms with van der Waals surface area (Å²) in [5.74, 6) is 0.506. The van der Waals surface area contributed by atoms with Crippen molar-refractivity contribution < 1.29 is 14.0 Å². The number of carbonyl (C=O) groups is 2. The molecule has 1 aromatic carbocycles. The van der Waals surface area contributed by atoms with Crippen molar-refractivity contribution in [3.05, 3.63) is 47.9 Å². The van der Waals surface area contributed by atoms with Crippen molar-refractivity contribution in [3.63, 3.8) is 0 Å². The van der Waals surface area contributed by atoms with E-state index in [2.05, 4.69) is 10.4 Å². The Balaban J connectivity index is 1.51. The third-order valence-corrected chi connectivity index (χ3v) is 5.30. The summed E-state index contributed by atoms with van der Waals surface area (Å²) in [7, 11) is 0. The van der Waals surface area contributed by atoms with E-state index in [1.54, 1.807) is 18.3 Å². The quantitative estimate of drug-likeness (QED) is 0.830. The molecule has 2 heterocycles. The van der Waals surface area contributed by atoms with Crippen LogP contribution in [0.1, 0.15) is 51.6 Å². The predicted molar refractivity (Wildman–Crippen MR) is 110 cm³/mol. The van der Waals surface area contributed by atoms with Crippen LogP contribution in [0.3, 0.4) is 0 Å². The Morgan fingerprint density at radius 1 is 1.14 bits per heavy atom. The van der Waals surface area contributed by atoms with Crippen molar-refractivity contribution in [2.75, 3.05) is 18.4 Å². The number of nitrogens with one attached hydrogen (secondary N) is 1. The number of nitrogens with zero attached hydrogens (tertiary/aromatic N) is 3. The van der Waals surface area contributed by atoms with E-state index in [1.807, 2.05) is 36.4 Å². The van der Waals surface area contributed by atoms with Gasteiger partial charge < -0.3 is 10.2 Å². The van der Waals surface area contributed by atoms with Crippen LogP contribution in [0, 0.1) is 11.2 Å². The van der Waals surface area contributed by atoms with Gasteiger partial charge >= 0.3 is 0 Å². The number of halogens is 1. The third kappa shape index (κ3) is 5.43. The van der Waals surface area contributed by atoms with E-state index in [4.69, 9.17) is 0 Å². The molecule has 7 heteroatoms. The molecule has 1 aliphatic heterocycles. The Labute approximate surface area is 171 Å². The first kappa shape index (κ1) is 21.0. The first-order valence-corrected chi connectivity index (χ1v) is 10.1. The van der Waals surface area contributed by atoms with Crippen molar-refractivity contribution in [1.82, 2.24) is 14.7 Å². The largest absolute Gasteiger partial charge is 0.343 e. The average Bonchev–Trinajstić information content (AvgIpc) is 3.15. The monoisotopic (exact) mass is 400 g/mol. The highest BCUT2D eigenvalue weighted by Gasteiger charge is 2.27. The molecule has 1 aliphatic rings. The summed E-state index contributed by atoms with van der Waals surface area (Å²) < 4.78 is 14.8. The molecule has 0 bridgehead atoms. The molecule has 2 aromatic rings. The summed E-state index contributed by atoms with van der Waals surface area (Å²) >= 11 is 0. The molecular formula is C22H29FN4O2. The standard InChI is InChI=1S/C22H29FN4O2/c1-22(2,3)21(29)25-19-10-13-24-27(19)18-11-14-26(15-12-18)20(28)9-6-16-4-7-17(23)8-5-16/h4-5,7-8,10,13,18H,6,9,11-12,14-15H2,1-3H3,(H,25,29). The molecule has 1 fully saturated rings. The number of anilines is 1. The van der Waals surface area contributed by atoms with Crippen molar-refractivity contribution >= 4 is 17.6 Å². The van der Waals surface area contributed by atoms with Gasteiger partial charge in [-0.3, -0.25) is 9.59 Å². The molecule has 2 amide bonds. The number of rotatable bonds is 5. The Kier molecular flexibility index (Phi) is 6.35. The van der Waals surface area contributed by atoms with E-state index >= 15 is 0 Å². The number of likely N-dealkylation sites (tertiary alicyclic amines) is 1. The second kappa shape index (κ2) is 8.76. The predicted octanol–water partition coefficient (Wildman–Crippen LogP) is 3.80. The Bertz CT molecular complexity index is 846. The minimum Gasteiger partial charge on any atom is -0.343 e. The van der Waals surface area contributed by atoms with Crippen LogP contribution in [0.15, 0.2) is 36.5 Å². The molecule has 1 N–H and O–H groups in total. The number of hydrogen-bond donors (Lipinski definition) is 1. The highest BCUT2D eigenvalue weighted by atomic mass is 19.1. The molecule has 29 heavy (non-hydrogen) atoms. The van der Waals surface area contributed by atoms with Crippen LogP contribution in [-0.4, -0.2) is 39.6 Å². The number of benzene rings is 1. The van der Waals surface area contributed by atoms with Crippen LogP contribution >= 0.6 is 0 Å². The maximum absolute atomic E-state index is 13.0. The second-order valence-corrected chi connectivity index (χ2v) is 8.60. The summed E-state index contributed by atoms with van der Waals surface area (Å²) in [6.45, 7) is 6.95. The van der Waals surface area contributed by atoms with Crippen LogP contribution in [0.25, 0.3) is 0 Å². The highest BCUT2D eigenvalue weighted by molar-refractivity contribution is 5.93. The molecule has 0 aliphatic carbocycles. The minimum atomic E-state index is -0.477. The Hall–Kier alpha value is -2.70. The lowest BCUT2D eigenvalue weighted by Crippen LogP contribution is -2.39. The molecule has 0 saturated carbocycles. The normalized spacial score (nSPS) is 15.4. The molecule has 1 aromatic heterocycles.